The highest BCUT2D eigenvalue weighted by molar-refractivity contribution is 6.19. The Labute approximate surface area is 540 Å². The molecule has 0 saturated carbocycles. The Morgan fingerprint density at radius 2 is 0.239 bits per heavy atom. The topological polar surface area (TPSA) is 471 Å². The predicted molar refractivity (Wildman–Crippen MR) is 290 cm³/mol. The molecule has 30 aliphatic rings. The Balaban J connectivity index is 0.975. The summed E-state index contributed by atoms with van der Waals surface area (Å²) in [5.41, 5.74) is 0. The van der Waals surface area contributed by atoms with Gasteiger partial charge in [-0.3, -0.25) is 0 Å². The standard InChI is InChI=1S/C48H72Cl8O32/c49-1-9-33-17(57)25(65)41(73-9)82-34-10(2-50)75-43(27(67)19(34)59)84-36-12(4-52)77-45(29(69)21(36)61)86-38-14(6-54)79-47(31(71)23(38)63)88-40-16(8-56)80-48(32(72)24(40)64)87-39-15(7-55)78-46(30(70)22(39)62)85-37-13(5-53)76-44(28(68)20(37)60)83-35-11(3-51)74-42(81-33)26(66)18(35)58/h9-48,57-72H,1-8H2/t9-,10-,11-,12-,13-,14-,15-,16-,17-,18-,19-,20-,21-,22-,23-,24-,25-,26-,27-,28-,29-,30-,31-,32-,33-,34-,35-,36-,37-,38-,39-,40-,41-,42-,43-,44-,45-,46-,47-,48-/m1/s1. The zero-order chi connectivity index (χ0) is 64.1. The molecule has 0 spiro atoms. The largest absolute Gasteiger partial charge is 0.387 e. The average molecular weight is 1440 g/mol. The fourth-order valence-electron chi connectivity index (χ4n) is 11.7. The molecule has 30 saturated heterocycles. The third-order valence-electron chi connectivity index (χ3n) is 16.7. The lowest BCUT2D eigenvalue weighted by Crippen LogP contribution is -2.68. The summed E-state index contributed by atoms with van der Waals surface area (Å²) in [5.74, 6) is -4.23. The van der Waals surface area contributed by atoms with Gasteiger partial charge in [0, 0.05) is 0 Å². The number of halogens is 8. The van der Waals surface area contributed by atoms with Crippen molar-refractivity contribution in [2.24, 2.45) is 0 Å². The molecule has 512 valence electrons. The number of hydrogen-bond donors (Lipinski definition) is 16. The highest BCUT2D eigenvalue weighted by Gasteiger charge is 2.60. The van der Waals surface area contributed by atoms with Gasteiger partial charge in [-0.1, -0.05) is 0 Å². The molecular formula is C48H72Cl8O32. The van der Waals surface area contributed by atoms with Crippen LogP contribution in [0.1, 0.15) is 0 Å². The monoisotopic (exact) mass is 1440 g/mol. The molecule has 40 atom stereocenters. The van der Waals surface area contributed by atoms with Crippen LogP contribution in [0.2, 0.25) is 0 Å². The van der Waals surface area contributed by atoms with Gasteiger partial charge in [-0.05, 0) is 0 Å². The van der Waals surface area contributed by atoms with Crippen LogP contribution >= 0.6 is 92.8 Å². The van der Waals surface area contributed by atoms with Gasteiger partial charge in [-0.2, -0.15) is 0 Å². The van der Waals surface area contributed by atoms with Crippen molar-refractivity contribution in [1.29, 1.82) is 0 Å². The Bertz CT molecular complexity index is 1730. The Morgan fingerprint density at radius 3 is 0.318 bits per heavy atom. The lowest BCUT2D eigenvalue weighted by Gasteiger charge is -2.50. The van der Waals surface area contributed by atoms with Crippen LogP contribution < -0.4 is 0 Å². The van der Waals surface area contributed by atoms with Gasteiger partial charge in [0.2, 0.25) is 0 Å². The molecule has 0 aromatic heterocycles. The number of alkyl halides is 8. The van der Waals surface area contributed by atoms with Crippen LogP contribution in [0, 0.1) is 0 Å². The molecule has 30 heterocycles. The minimum Gasteiger partial charge on any atom is -0.387 e. The normalized spacial score (nSPS) is 55.4. The van der Waals surface area contributed by atoms with E-state index in [-0.39, 0.29) is 0 Å². The van der Waals surface area contributed by atoms with Crippen LogP contribution in [0.5, 0.6) is 0 Å². The van der Waals surface area contributed by atoms with Gasteiger partial charge in [0.15, 0.2) is 50.3 Å². The first-order valence-corrected chi connectivity index (χ1v) is 32.0. The summed E-state index contributed by atoms with van der Waals surface area (Å²) in [4.78, 5) is 0. The molecule has 0 aromatic carbocycles. The SMILES string of the molecule is O[C@@H]1[C@@H](O)[C@H]2O[C@H]3[C@H](O)[C@@H](O)[C@@H](O[C@H]4[C@H](O)[C@@H](O)[C@@H](O[C@H]5[C@H](O)[C@@H](O)[C@@H](O[C@H]6[C@H](O)[C@@H](O)[C@@H](O[C@H]7[C@H](O)[C@@H](O)[C@@H](O[C@H]8[C@H](O)[C@@H](O)[C@@H](O[C@H]9[C@H](O)[C@@H](O)[C@@H](O[C@@H]1[C@@H](CCl)O2)O[C@@H]9CCl)O[C@@H]8CCl)O[C@@H]7CCl)O[C@@H]6CCl)O[C@@H]5CCl)O[C@@H]4CCl)O[C@@H]3CCl. The third-order valence-corrected chi connectivity index (χ3v) is 19.1. The zero-order valence-electron chi connectivity index (χ0n) is 45.5. The van der Waals surface area contributed by atoms with Crippen molar-refractivity contribution < 1.29 is 157 Å². The molecule has 40 heteroatoms. The van der Waals surface area contributed by atoms with Crippen LogP contribution in [0.25, 0.3) is 0 Å². The minimum atomic E-state index is -2.10. The highest BCUT2D eigenvalue weighted by Crippen LogP contribution is 2.40. The van der Waals surface area contributed by atoms with E-state index in [9.17, 15) is 81.7 Å². The fraction of sp³-hybridized carbons (Fsp3) is 1.00. The summed E-state index contributed by atoms with van der Waals surface area (Å²) < 4.78 is 94.3. The molecule has 0 aromatic rings. The number of hydrogen-bond acceptors (Lipinski definition) is 32. The maximum absolute atomic E-state index is 11.5. The van der Waals surface area contributed by atoms with Crippen molar-refractivity contribution in [2.45, 2.75) is 246 Å². The summed E-state index contributed by atoms with van der Waals surface area (Å²) in [7, 11) is 0. The lowest BCUT2D eigenvalue weighted by molar-refractivity contribution is -0.396. The zero-order valence-corrected chi connectivity index (χ0v) is 51.5. The smallest absolute Gasteiger partial charge is 0.187 e. The number of aliphatic hydroxyl groups excluding tert-OH is 16. The van der Waals surface area contributed by atoms with Crippen molar-refractivity contribution >= 4 is 92.8 Å². The van der Waals surface area contributed by atoms with Crippen LogP contribution in [0.3, 0.4) is 0 Å². The average Bonchev–Trinajstić information content (AvgIpc) is 1.09. The van der Waals surface area contributed by atoms with Crippen LogP contribution in [0.4, 0.5) is 0 Å². The molecule has 32 nitrogen and oxygen atoms in total. The molecule has 30 aliphatic heterocycles. The van der Waals surface area contributed by atoms with Crippen molar-refractivity contribution in [3.63, 3.8) is 0 Å². The van der Waals surface area contributed by atoms with Crippen LogP contribution in [-0.4, -0.2) is 374 Å². The van der Waals surface area contributed by atoms with Crippen molar-refractivity contribution in [3.8, 4) is 0 Å². The first-order chi connectivity index (χ1) is 41.9. The number of rotatable bonds is 8. The van der Waals surface area contributed by atoms with E-state index >= 15 is 0 Å². The number of aliphatic hydroxyl groups is 16. The first kappa shape index (κ1) is 73.3. The molecule has 16 bridgehead atoms. The summed E-state index contributed by atoms with van der Waals surface area (Å²) >= 11 is 50.2. The molecule has 88 heavy (non-hydrogen) atoms. The van der Waals surface area contributed by atoms with Crippen molar-refractivity contribution in [1.82, 2.24) is 0 Å². The Morgan fingerprint density at radius 1 is 0.148 bits per heavy atom. The van der Waals surface area contributed by atoms with E-state index in [1.54, 1.807) is 0 Å². The van der Waals surface area contributed by atoms with Gasteiger partial charge in [-0.25, -0.2) is 0 Å². The summed E-state index contributed by atoms with van der Waals surface area (Å²) in [5, 5.41) is 184. The van der Waals surface area contributed by atoms with Crippen LogP contribution in [0.15, 0.2) is 0 Å². The summed E-state index contributed by atoms with van der Waals surface area (Å²) in [6.07, 6.45) is -73.7. The lowest BCUT2D eigenvalue weighted by atomic mass is 9.95. The Hall–Kier alpha value is 1.04. The maximum atomic E-state index is 11.5. The fourth-order valence-corrected chi connectivity index (χ4v) is 13.7. The maximum Gasteiger partial charge on any atom is 0.187 e. The quantitative estimate of drug-likeness (QED) is 0.100. The van der Waals surface area contributed by atoms with Crippen LogP contribution in [-0.2, 0) is 75.8 Å². The molecule has 0 radical (unpaired) electrons. The second kappa shape index (κ2) is 31.7. The minimum absolute atomic E-state index is 0.528. The molecule has 30 fully saturated rings. The Kier molecular flexibility index (Phi) is 26.4. The van der Waals surface area contributed by atoms with Gasteiger partial charge in [0.1, 0.15) is 195 Å². The van der Waals surface area contributed by atoms with Gasteiger partial charge < -0.3 is 157 Å². The van der Waals surface area contributed by atoms with E-state index < -0.39 is 293 Å². The summed E-state index contributed by atoms with van der Waals surface area (Å²) in [6.45, 7) is 0. The first-order valence-electron chi connectivity index (χ1n) is 27.7. The molecule has 0 aliphatic carbocycles. The van der Waals surface area contributed by atoms with E-state index in [0.717, 1.165) is 0 Å². The van der Waals surface area contributed by atoms with Crippen molar-refractivity contribution in [3.05, 3.63) is 0 Å². The molecule has 0 amide bonds. The van der Waals surface area contributed by atoms with Crippen molar-refractivity contribution in [2.75, 3.05) is 47.0 Å². The molecule has 30 rings (SSSR count). The second-order valence-corrected chi connectivity index (χ2v) is 24.7. The van der Waals surface area contributed by atoms with E-state index in [1.165, 1.54) is 0 Å². The second-order valence-electron chi connectivity index (χ2n) is 22.2. The number of ether oxygens (including phenoxy) is 16. The van der Waals surface area contributed by atoms with Gasteiger partial charge in [0.25, 0.3) is 0 Å². The van der Waals surface area contributed by atoms with Gasteiger partial charge in [-0.15, -0.1) is 92.8 Å². The van der Waals surface area contributed by atoms with E-state index in [4.69, 9.17) is 169 Å². The molecule has 16 N–H and O–H groups in total. The summed E-state index contributed by atoms with van der Waals surface area (Å²) in [6, 6.07) is 0. The van der Waals surface area contributed by atoms with Gasteiger partial charge >= 0.3 is 0 Å². The van der Waals surface area contributed by atoms with E-state index in [1.807, 2.05) is 0 Å². The predicted octanol–water partition coefficient (Wildman–Crippen LogP) is -7.43. The molecular weight excluding hydrogens is 1370 g/mol. The van der Waals surface area contributed by atoms with Gasteiger partial charge in [0.05, 0.1) is 47.0 Å². The van der Waals surface area contributed by atoms with E-state index in [2.05, 4.69) is 0 Å². The third kappa shape index (κ3) is 14.7. The molecule has 0 unspecified atom stereocenters. The highest BCUT2D eigenvalue weighted by atomic mass is 35.5. The van der Waals surface area contributed by atoms with E-state index in [0.29, 0.717) is 0 Å².